The van der Waals surface area contributed by atoms with Crippen LogP contribution in [0.4, 0.5) is 5.82 Å². The first kappa shape index (κ1) is 8.58. The lowest BCUT2D eigenvalue weighted by atomic mass is 10.6. The third kappa shape index (κ3) is 1.75. The zero-order valence-electron chi connectivity index (χ0n) is 7.50. The fourth-order valence-corrected chi connectivity index (χ4v) is 0.848. The maximum Gasteiger partial charge on any atom is 0.196 e. The molecule has 0 fully saturated rings. The van der Waals surface area contributed by atoms with Crippen molar-refractivity contribution < 1.29 is 0 Å². The van der Waals surface area contributed by atoms with Crippen LogP contribution in [0, 0.1) is 0 Å². The monoisotopic (exact) mass is 167 g/mol. The highest BCUT2D eigenvalue weighted by atomic mass is 15.3. The average molecular weight is 167 g/mol. The predicted octanol–water partition coefficient (Wildman–Crippen LogP) is 0.0372. The number of anilines is 1. The van der Waals surface area contributed by atoms with Crippen LogP contribution in [0.25, 0.3) is 0 Å². The van der Waals surface area contributed by atoms with E-state index in [0.717, 1.165) is 11.8 Å². The van der Waals surface area contributed by atoms with E-state index in [0.29, 0.717) is 0 Å². The van der Waals surface area contributed by atoms with Gasteiger partial charge < -0.3 is 10.6 Å². The van der Waals surface area contributed by atoms with Crippen molar-refractivity contribution in [3.8, 4) is 0 Å². The van der Waals surface area contributed by atoms with Crippen LogP contribution in [0.3, 0.4) is 0 Å². The number of rotatable bonds is 1. The first-order chi connectivity index (χ1) is 5.77. The van der Waals surface area contributed by atoms with Crippen molar-refractivity contribution in [1.29, 1.82) is 0 Å². The second-order valence-corrected chi connectivity index (χ2v) is 2.29. The van der Waals surface area contributed by atoms with Crippen molar-refractivity contribution in [2.45, 2.75) is 0 Å². The fourth-order valence-electron chi connectivity index (χ4n) is 0.848. The molecule has 5 heteroatoms. The summed E-state index contributed by atoms with van der Waals surface area (Å²) in [6.45, 7) is 0. The minimum atomic E-state index is 0.721. The van der Waals surface area contributed by atoms with Gasteiger partial charge in [-0.15, -0.1) is 0 Å². The smallest absolute Gasteiger partial charge is 0.196 e. The Balaban J connectivity index is 2.69. The molecule has 5 nitrogen and oxygen atoms in total. The van der Waals surface area contributed by atoms with Crippen molar-refractivity contribution in [2.75, 3.05) is 19.4 Å². The number of nitrogens with zero attached hydrogens (tertiary/aromatic N) is 3. The minimum absolute atomic E-state index is 0.721. The topological polar surface area (TPSA) is 54.2 Å². The van der Waals surface area contributed by atoms with Gasteiger partial charge in [0.2, 0.25) is 0 Å². The van der Waals surface area contributed by atoms with Gasteiger partial charge in [0.05, 0.1) is 6.20 Å². The highest BCUT2D eigenvalue weighted by molar-refractivity contribution is 5.92. The number of aryl methyl sites for hydroxylation is 1. The van der Waals surface area contributed by atoms with Gasteiger partial charge in [-0.1, -0.05) is 0 Å². The van der Waals surface area contributed by atoms with Crippen LogP contribution in [0.15, 0.2) is 17.3 Å². The molecule has 0 saturated carbocycles. The number of aliphatic imine (C=N–C) groups is 1. The second kappa shape index (κ2) is 3.75. The first-order valence-corrected chi connectivity index (χ1v) is 3.67. The van der Waals surface area contributed by atoms with E-state index in [1.54, 1.807) is 17.9 Å². The Morgan fingerprint density at radius 3 is 2.83 bits per heavy atom. The van der Waals surface area contributed by atoms with E-state index in [9.17, 15) is 0 Å². The summed E-state index contributed by atoms with van der Waals surface area (Å²) in [5.41, 5.74) is 0. The summed E-state index contributed by atoms with van der Waals surface area (Å²) >= 11 is 0. The van der Waals surface area contributed by atoms with Crippen LogP contribution < -0.4 is 10.6 Å². The summed E-state index contributed by atoms with van der Waals surface area (Å²) in [5, 5.41) is 9.99. The second-order valence-electron chi connectivity index (χ2n) is 2.29. The Kier molecular flexibility index (Phi) is 2.68. The molecule has 1 aromatic heterocycles. The molecule has 1 aromatic rings. The Hall–Kier alpha value is -1.52. The molecule has 0 atom stereocenters. The standard InChI is InChI=1S/C7H13N5/c1-8-7(9-2)11-6-4-5-10-12(6)3/h4-5H,1-3H3,(H2,8,9,11). The summed E-state index contributed by atoms with van der Waals surface area (Å²) in [6.07, 6.45) is 1.73. The predicted molar refractivity (Wildman–Crippen MR) is 49.2 cm³/mol. The van der Waals surface area contributed by atoms with Crippen LogP contribution in [0.1, 0.15) is 0 Å². The lowest BCUT2D eigenvalue weighted by molar-refractivity contribution is 0.776. The molecule has 0 aromatic carbocycles. The summed E-state index contributed by atoms with van der Waals surface area (Å²) in [4.78, 5) is 3.98. The number of guanidine groups is 1. The van der Waals surface area contributed by atoms with Crippen LogP contribution in [0.5, 0.6) is 0 Å². The van der Waals surface area contributed by atoms with Crippen molar-refractivity contribution in [1.82, 2.24) is 15.1 Å². The molecule has 1 heterocycles. The van der Waals surface area contributed by atoms with E-state index in [1.807, 2.05) is 20.2 Å². The minimum Gasteiger partial charge on any atom is -0.359 e. The Labute approximate surface area is 71.5 Å². The average Bonchev–Trinajstić information content (AvgIpc) is 2.47. The Bertz CT molecular complexity index is 275. The molecule has 0 radical (unpaired) electrons. The molecule has 0 aliphatic heterocycles. The van der Waals surface area contributed by atoms with Gasteiger partial charge >= 0.3 is 0 Å². The summed E-state index contributed by atoms with van der Waals surface area (Å²) in [6, 6.07) is 1.88. The number of nitrogens with one attached hydrogen (secondary N) is 2. The largest absolute Gasteiger partial charge is 0.359 e. The number of aromatic nitrogens is 2. The van der Waals surface area contributed by atoms with E-state index >= 15 is 0 Å². The lowest BCUT2D eigenvalue weighted by Gasteiger charge is -2.07. The van der Waals surface area contributed by atoms with Crippen molar-refractivity contribution in [2.24, 2.45) is 12.0 Å². The maximum absolute atomic E-state index is 4.01. The Morgan fingerprint density at radius 1 is 1.67 bits per heavy atom. The highest BCUT2D eigenvalue weighted by Gasteiger charge is 1.98. The third-order valence-corrected chi connectivity index (χ3v) is 1.53. The lowest BCUT2D eigenvalue weighted by Crippen LogP contribution is -2.27. The van der Waals surface area contributed by atoms with E-state index < -0.39 is 0 Å². The molecule has 0 saturated heterocycles. The maximum atomic E-state index is 4.01. The van der Waals surface area contributed by atoms with Crippen molar-refractivity contribution in [3.63, 3.8) is 0 Å². The zero-order chi connectivity index (χ0) is 8.97. The van der Waals surface area contributed by atoms with Crippen LogP contribution >= 0.6 is 0 Å². The molecule has 0 aliphatic rings. The molecule has 2 N–H and O–H groups in total. The van der Waals surface area contributed by atoms with Gasteiger partial charge in [-0.2, -0.15) is 5.10 Å². The summed E-state index contributed by atoms with van der Waals surface area (Å²) in [5.74, 6) is 1.63. The van der Waals surface area contributed by atoms with Gasteiger partial charge in [0.15, 0.2) is 5.96 Å². The molecule has 1 rings (SSSR count). The molecule has 0 bridgehead atoms. The first-order valence-electron chi connectivity index (χ1n) is 3.67. The van der Waals surface area contributed by atoms with Gasteiger partial charge in [-0.05, 0) is 0 Å². The fraction of sp³-hybridized carbons (Fsp3) is 0.429. The molecule has 0 unspecified atom stereocenters. The molecule has 0 amide bonds. The number of hydrogen-bond donors (Lipinski definition) is 2. The summed E-state index contributed by atoms with van der Waals surface area (Å²) in [7, 11) is 5.40. The van der Waals surface area contributed by atoms with E-state index in [-0.39, 0.29) is 0 Å². The van der Waals surface area contributed by atoms with Gasteiger partial charge in [0.1, 0.15) is 5.82 Å². The molecule has 12 heavy (non-hydrogen) atoms. The quantitative estimate of drug-likeness (QED) is 0.458. The highest BCUT2D eigenvalue weighted by Crippen LogP contribution is 2.01. The zero-order valence-corrected chi connectivity index (χ0v) is 7.50. The summed E-state index contributed by atoms with van der Waals surface area (Å²) < 4.78 is 1.74. The SMILES string of the molecule is CN=C(NC)Nc1ccnn1C. The van der Waals surface area contributed by atoms with E-state index in [2.05, 4.69) is 20.7 Å². The number of hydrogen-bond acceptors (Lipinski definition) is 2. The van der Waals surface area contributed by atoms with Crippen molar-refractivity contribution in [3.05, 3.63) is 12.3 Å². The Morgan fingerprint density at radius 2 is 2.42 bits per heavy atom. The van der Waals surface area contributed by atoms with Crippen LogP contribution in [0.2, 0.25) is 0 Å². The van der Waals surface area contributed by atoms with E-state index in [4.69, 9.17) is 0 Å². The molecule has 0 aliphatic carbocycles. The van der Waals surface area contributed by atoms with Crippen LogP contribution in [-0.4, -0.2) is 29.8 Å². The third-order valence-electron chi connectivity index (χ3n) is 1.53. The molecule has 0 spiro atoms. The molecule has 66 valence electrons. The van der Waals surface area contributed by atoms with Gasteiger partial charge in [0, 0.05) is 27.2 Å². The van der Waals surface area contributed by atoms with Gasteiger partial charge in [-0.25, -0.2) is 0 Å². The van der Waals surface area contributed by atoms with Gasteiger partial charge in [-0.3, -0.25) is 9.67 Å². The van der Waals surface area contributed by atoms with Crippen LogP contribution in [-0.2, 0) is 7.05 Å². The van der Waals surface area contributed by atoms with Crippen molar-refractivity contribution >= 4 is 11.8 Å². The normalized spacial score (nSPS) is 11.4. The molecular formula is C7H13N5. The van der Waals surface area contributed by atoms with E-state index in [1.165, 1.54) is 0 Å². The molecular weight excluding hydrogens is 154 g/mol. The van der Waals surface area contributed by atoms with Gasteiger partial charge in [0.25, 0.3) is 0 Å².